The van der Waals surface area contributed by atoms with Crippen LogP contribution in [0, 0.1) is 0 Å². The van der Waals surface area contributed by atoms with Gasteiger partial charge in [-0.05, 0) is 23.3 Å². The molecule has 0 aliphatic carbocycles. The second-order valence-electron chi connectivity index (χ2n) is 6.60. The van der Waals surface area contributed by atoms with Gasteiger partial charge in [-0.25, -0.2) is 0 Å². The van der Waals surface area contributed by atoms with E-state index in [0.29, 0.717) is 26.3 Å². The Balaban J connectivity index is 1.41. The predicted octanol–water partition coefficient (Wildman–Crippen LogP) is 4.14. The van der Waals surface area contributed by atoms with Crippen molar-refractivity contribution in [2.24, 2.45) is 0 Å². The van der Waals surface area contributed by atoms with E-state index in [4.69, 9.17) is 9.68 Å². The Morgan fingerprint density at radius 3 is 1.44 bits per heavy atom. The first-order valence-electron chi connectivity index (χ1n) is 9.12. The highest BCUT2D eigenvalue weighted by Gasteiger charge is 2.07. The maximum atomic E-state index is 5.79. The summed E-state index contributed by atoms with van der Waals surface area (Å²) < 4.78 is 0. The Hall–Kier alpha value is -2.44. The monoisotopic (exact) mass is 365 g/mol. The van der Waals surface area contributed by atoms with Gasteiger partial charge in [0.2, 0.25) is 0 Å². The maximum Gasteiger partial charge on any atom is 0.0935 e. The number of aromatic amines is 1. The number of nitrogens with zero attached hydrogens (tertiary/aromatic N) is 2. The Bertz CT molecular complexity index is 724. The lowest BCUT2D eigenvalue weighted by Crippen LogP contribution is -2.19. The second-order valence-corrected chi connectivity index (χ2v) is 6.60. The highest BCUT2D eigenvalue weighted by Crippen LogP contribution is 2.10. The van der Waals surface area contributed by atoms with Crippen LogP contribution in [0.3, 0.4) is 0 Å². The van der Waals surface area contributed by atoms with Crippen molar-refractivity contribution in [3.8, 4) is 0 Å². The number of rotatable bonds is 10. The van der Waals surface area contributed by atoms with E-state index in [1.54, 1.807) is 0 Å². The van der Waals surface area contributed by atoms with Crippen LogP contribution in [-0.2, 0) is 36.0 Å². The number of benzene rings is 2. The third-order valence-corrected chi connectivity index (χ3v) is 4.18. The van der Waals surface area contributed by atoms with Crippen LogP contribution in [0.5, 0.6) is 0 Å². The van der Waals surface area contributed by atoms with Crippen molar-refractivity contribution in [2.45, 2.75) is 26.3 Å². The molecule has 0 amide bonds. The zero-order valence-corrected chi connectivity index (χ0v) is 16.0. The summed E-state index contributed by atoms with van der Waals surface area (Å²) in [6.07, 6.45) is 0. The van der Waals surface area contributed by atoms with Gasteiger partial charge in [0.05, 0.1) is 26.3 Å². The predicted molar refractivity (Wildman–Crippen MR) is 106 cm³/mol. The van der Waals surface area contributed by atoms with Crippen LogP contribution in [0.25, 0.3) is 0 Å². The highest BCUT2D eigenvalue weighted by molar-refractivity contribution is 5.15. The molecule has 0 radical (unpaired) electrons. The molecule has 0 aliphatic heterocycles. The van der Waals surface area contributed by atoms with Crippen molar-refractivity contribution < 1.29 is 9.68 Å². The molecule has 1 heterocycles. The van der Waals surface area contributed by atoms with Crippen LogP contribution in [0.1, 0.15) is 22.5 Å². The molecule has 0 spiro atoms. The average molecular weight is 365 g/mol. The molecule has 1 aromatic heterocycles. The lowest BCUT2D eigenvalue weighted by Gasteiger charge is -2.17. The normalized spacial score (nSPS) is 11.4. The molecular formula is C22H27N3O2. The SMILES string of the molecule is CN(Cc1ccc(CN(C)OCc2ccccc2)[nH]1)OCc1ccccc1. The average Bonchev–Trinajstić information content (AvgIpc) is 3.13. The van der Waals surface area contributed by atoms with Gasteiger partial charge in [-0.15, -0.1) is 0 Å². The highest BCUT2D eigenvalue weighted by atomic mass is 16.7. The van der Waals surface area contributed by atoms with Gasteiger partial charge in [0.1, 0.15) is 0 Å². The molecule has 2 aromatic carbocycles. The molecule has 5 heteroatoms. The molecule has 3 rings (SSSR count). The summed E-state index contributed by atoms with van der Waals surface area (Å²) in [5.74, 6) is 0. The third-order valence-electron chi connectivity index (χ3n) is 4.18. The van der Waals surface area contributed by atoms with E-state index in [0.717, 1.165) is 22.5 Å². The van der Waals surface area contributed by atoms with Crippen molar-refractivity contribution in [2.75, 3.05) is 14.1 Å². The van der Waals surface area contributed by atoms with Crippen molar-refractivity contribution in [3.05, 3.63) is 95.3 Å². The summed E-state index contributed by atoms with van der Waals surface area (Å²) in [6.45, 7) is 2.53. The van der Waals surface area contributed by atoms with E-state index in [-0.39, 0.29) is 0 Å². The summed E-state index contributed by atoms with van der Waals surface area (Å²) in [7, 11) is 3.89. The zero-order valence-electron chi connectivity index (χ0n) is 16.0. The third kappa shape index (κ3) is 6.66. The van der Waals surface area contributed by atoms with E-state index in [1.165, 1.54) is 0 Å². The fourth-order valence-electron chi connectivity index (χ4n) is 2.76. The van der Waals surface area contributed by atoms with Gasteiger partial charge < -0.3 is 4.98 Å². The Kier molecular flexibility index (Phi) is 7.19. The molecule has 5 nitrogen and oxygen atoms in total. The number of hydroxylamine groups is 4. The molecule has 0 bridgehead atoms. The maximum absolute atomic E-state index is 5.79. The number of aromatic nitrogens is 1. The fraction of sp³-hybridized carbons (Fsp3) is 0.273. The standard InChI is InChI=1S/C22H27N3O2/c1-24(26-17-19-9-5-3-6-10-19)15-21-13-14-22(23-21)16-25(2)27-18-20-11-7-4-8-12-20/h3-14,23H,15-18H2,1-2H3. The molecule has 0 unspecified atom stereocenters. The van der Waals surface area contributed by atoms with Crippen LogP contribution < -0.4 is 0 Å². The second kappa shape index (κ2) is 10.0. The molecule has 0 aliphatic rings. The van der Waals surface area contributed by atoms with Gasteiger partial charge in [0.15, 0.2) is 0 Å². The summed E-state index contributed by atoms with van der Waals surface area (Å²) in [6, 6.07) is 24.5. The first-order chi connectivity index (χ1) is 13.2. The lowest BCUT2D eigenvalue weighted by atomic mass is 10.2. The molecule has 0 fully saturated rings. The summed E-state index contributed by atoms with van der Waals surface area (Å²) in [5, 5.41) is 3.69. The van der Waals surface area contributed by atoms with Crippen molar-refractivity contribution in [1.82, 2.24) is 15.1 Å². The molecule has 1 N–H and O–H groups in total. The Morgan fingerprint density at radius 1 is 0.630 bits per heavy atom. The topological polar surface area (TPSA) is 40.7 Å². The van der Waals surface area contributed by atoms with E-state index in [2.05, 4.69) is 41.4 Å². The minimum absolute atomic E-state index is 0.570. The minimum atomic E-state index is 0.570. The largest absolute Gasteiger partial charge is 0.360 e. The number of nitrogens with one attached hydrogen (secondary N) is 1. The van der Waals surface area contributed by atoms with Gasteiger partial charge in [0, 0.05) is 25.5 Å². The number of H-pyrrole nitrogens is 1. The molecule has 0 atom stereocenters. The van der Waals surface area contributed by atoms with Crippen molar-refractivity contribution in [1.29, 1.82) is 0 Å². The van der Waals surface area contributed by atoms with Crippen LogP contribution in [0.2, 0.25) is 0 Å². The van der Waals surface area contributed by atoms with Gasteiger partial charge in [-0.2, -0.15) is 10.1 Å². The Morgan fingerprint density at radius 2 is 1.04 bits per heavy atom. The van der Waals surface area contributed by atoms with Crippen molar-refractivity contribution >= 4 is 0 Å². The molecule has 142 valence electrons. The zero-order chi connectivity index (χ0) is 18.9. The van der Waals surface area contributed by atoms with Gasteiger partial charge >= 0.3 is 0 Å². The first-order valence-corrected chi connectivity index (χ1v) is 9.12. The summed E-state index contributed by atoms with van der Waals surface area (Å²) in [5.41, 5.74) is 4.54. The smallest absolute Gasteiger partial charge is 0.0935 e. The van der Waals surface area contributed by atoms with Crippen LogP contribution >= 0.6 is 0 Å². The fourth-order valence-corrected chi connectivity index (χ4v) is 2.76. The first kappa shape index (κ1) is 19.3. The molecular weight excluding hydrogens is 338 g/mol. The van der Waals surface area contributed by atoms with Crippen LogP contribution in [0.4, 0.5) is 0 Å². The molecule has 0 saturated heterocycles. The van der Waals surface area contributed by atoms with Gasteiger partial charge in [0.25, 0.3) is 0 Å². The van der Waals surface area contributed by atoms with Crippen molar-refractivity contribution in [3.63, 3.8) is 0 Å². The molecule has 0 saturated carbocycles. The number of hydrogen-bond donors (Lipinski definition) is 1. The summed E-state index contributed by atoms with van der Waals surface area (Å²) >= 11 is 0. The van der Waals surface area contributed by atoms with Crippen LogP contribution in [-0.4, -0.2) is 29.2 Å². The number of hydrogen-bond acceptors (Lipinski definition) is 4. The quantitative estimate of drug-likeness (QED) is 0.548. The Labute approximate surface area is 161 Å². The minimum Gasteiger partial charge on any atom is -0.360 e. The van der Waals surface area contributed by atoms with E-state index < -0.39 is 0 Å². The van der Waals surface area contributed by atoms with Gasteiger partial charge in [-0.3, -0.25) is 9.68 Å². The van der Waals surface area contributed by atoms with E-state index >= 15 is 0 Å². The summed E-state index contributed by atoms with van der Waals surface area (Å²) in [4.78, 5) is 15.0. The molecule has 27 heavy (non-hydrogen) atoms. The van der Waals surface area contributed by atoms with Gasteiger partial charge in [-0.1, -0.05) is 60.7 Å². The van der Waals surface area contributed by atoms with E-state index in [9.17, 15) is 0 Å². The lowest BCUT2D eigenvalue weighted by molar-refractivity contribution is -0.159. The van der Waals surface area contributed by atoms with E-state index in [1.807, 2.05) is 60.6 Å². The van der Waals surface area contributed by atoms with Crippen LogP contribution in [0.15, 0.2) is 72.8 Å². The molecule has 3 aromatic rings.